The largest absolute Gasteiger partial charge is 0.494 e. The molecule has 0 saturated carbocycles. The lowest BCUT2D eigenvalue weighted by Crippen LogP contribution is -2.46. The molecule has 272 valence electrons. The van der Waals surface area contributed by atoms with Gasteiger partial charge in [0.2, 0.25) is 5.91 Å². The van der Waals surface area contributed by atoms with Gasteiger partial charge in [-0.1, -0.05) is 119 Å². The lowest BCUT2D eigenvalue weighted by molar-refractivity contribution is -0.146. The Balaban J connectivity index is 1.02. The quantitative estimate of drug-likeness (QED) is 0.0912. The van der Waals surface area contributed by atoms with Crippen molar-refractivity contribution in [1.82, 2.24) is 4.90 Å². The predicted molar refractivity (Wildman–Crippen MR) is 203 cm³/mol. The minimum atomic E-state index is -0.362. The zero-order valence-corrected chi connectivity index (χ0v) is 31.3. The van der Waals surface area contributed by atoms with Crippen molar-refractivity contribution in [2.45, 2.75) is 116 Å². The van der Waals surface area contributed by atoms with Crippen LogP contribution < -0.4 is 15.0 Å². The molecule has 2 heterocycles. The van der Waals surface area contributed by atoms with Crippen molar-refractivity contribution in [2.75, 3.05) is 56.2 Å². The van der Waals surface area contributed by atoms with Gasteiger partial charge in [0.25, 0.3) is 0 Å². The summed E-state index contributed by atoms with van der Waals surface area (Å²) < 4.78 is 11.5. The third-order valence-electron chi connectivity index (χ3n) is 9.89. The lowest BCUT2D eigenvalue weighted by atomic mass is 9.93. The zero-order valence-electron chi connectivity index (χ0n) is 29.8. The van der Waals surface area contributed by atoms with Gasteiger partial charge in [0.05, 0.1) is 28.3 Å². The Kier molecular flexibility index (Phi) is 17.9. The molecule has 1 fully saturated rings. The van der Waals surface area contributed by atoms with Crippen LogP contribution in [-0.2, 0) is 20.7 Å². The molecule has 2 aromatic carbocycles. The van der Waals surface area contributed by atoms with Gasteiger partial charge in [0, 0.05) is 44.4 Å². The minimum absolute atomic E-state index is 0.101. The number of amides is 1. The van der Waals surface area contributed by atoms with Gasteiger partial charge in [0.15, 0.2) is 0 Å². The fraction of sp³-hybridized carbons (Fsp3) is 0.650. The van der Waals surface area contributed by atoms with Gasteiger partial charge in [-0.25, -0.2) is 0 Å². The van der Waals surface area contributed by atoms with Crippen LogP contribution in [-0.4, -0.2) is 62.7 Å². The van der Waals surface area contributed by atoms with E-state index in [9.17, 15) is 9.59 Å². The molecule has 9 heteroatoms. The number of nitrogens with one attached hydrogen (secondary N) is 1. The summed E-state index contributed by atoms with van der Waals surface area (Å²) in [5, 5.41) is 4.23. The van der Waals surface area contributed by atoms with Gasteiger partial charge < -0.3 is 19.7 Å². The Morgan fingerprint density at radius 2 is 1.51 bits per heavy atom. The first kappa shape index (κ1) is 39.3. The van der Waals surface area contributed by atoms with E-state index in [0.717, 1.165) is 81.1 Å². The molecular formula is C40H59Cl2N3O4. The molecule has 0 aliphatic carbocycles. The van der Waals surface area contributed by atoms with E-state index in [0.29, 0.717) is 29.5 Å². The van der Waals surface area contributed by atoms with E-state index in [4.69, 9.17) is 32.7 Å². The average molecular weight is 717 g/mol. The number of hydrogen-bond acceptors (Lipinski definition) is 6. The van der Waals surface area contributed by atoms with Crippen LogP contribution in [0.15, 0.2) is 36.4 Å². The van der Waals surface area contributed by atoms with Gasteiger partial charge in [-0.05, 0) is 56.0 Å². The molecular weight excluding hydrogens is 657 g/mol. The van der Waals surface area contributed by atoms with Crippen LogP contribution in [0.4, 0.5) is 11.4 Å². The monoisotopic (exact) mass is 715 g/mol. The maximum atomic E-state index is 12.8. The number of hydrogen-bond donors (Lipinski definition) is 1. The van der Waals surface area contributed by atoms with Crippen LogP contribution in [0, 0.1) is 5.92 Å². The van der Waals surface area contributed by atoms with Crippen LogP contribution in [0.3, 0.4) is 0 Å². The molecule has 1 atom stereocenters. The summed E-state index contributed by atoms with van der Waals surface area (Å²) in [5.41, 5.74) is 2.84. The number of esters is 1. The number of fused-ring (bicyclic) bond motifs is 1. The van der Waals surface area contributed by atoms with Crippen LogP contribution in [0.25, 0.3) is 0 Å². The van der Waals surface area contributed by atoms with Crippen molar-refractivity contribution in [1.29, 1.82) is 0 Å². The van der Waals surface area contributed by atoms with E-state index in [-0.39, 0.29) is 24.4 Å². The van der Waals surface area contributed by atoms with E-state index < -0.39 is 0 Å². The first-order valence-corrected chi connectivity index (χ1v) is 19.8. The number of benzene rings is 2. The number of carbonyl (C=O) groups is 2. The molecule has 0 radical (unpaired) electrons. The van der Waals surface area contributed by atoms with Crippen molar-refractivity contribution in [3.8, 4) is 5.75 Å². The molecule has 0 aromatic heterocycles. The summed E-state index contributed by atoms with van der Waals surface area (Å²) in [6, 6.07) is 11.7. The molecule has 1 unspecified atom stereocenters. The molecule has 2 aromatic rings. The fourth-order valence-corrected chi connectivity index (χ4v) is 7.21. The first-order valence-electron chi connectivity index (χ1n) is 19.1. The van der Waals surface area contributed by atoms with Gasteiger partial charge >= 0.3 is 5.97 Å². The standard InChI is InChI=1S/C40H59Cl2N3O4/c1-2-3-4-5-6-7-8-9-10-11-12-13-14-20-38(46)49-31-33-29-32-21-22-34(30-36(32)43-40(33)47)48-28-16-15-23-44-24-26-45(27-25-44)37-19-17-18-35(41)39(37)42/h17-19,21-22,30,33H,2-16,20,23-29,31H2,1H3,(H,43,47). The van der Waals surface area contributed by atoms with Crippen molar-refractivity contribution in [3.63, 3.8) is 0 Å². The Morgan fingerprint density at radius 1 is 0.837 bits per heavy atom. The lowest BCUT2D eigenvalue weighted by Gasteiger charge is -2.36. The third-order valence-corrected chi connectivity index (χ3v) is 10.7. The van der Waals surface area contributed by atoms with Crippen molar-refractivity contribution in [2.24, 2.45) is 5.92 Å². The topological polar surface area (TPSA) is 71.1 Å². The number of rotatable bonds is 23. The second-order valence-electron chi connectivity index (χ2n) is 13.8. The Bertz CT molecular complexity index is 1280. The molecule has 1 saturated heterocycles. The molecule has 49 heavy (non-hydrogen) atoms. The van der Waals surface area contributed by atoms with Gasteiger partial charge in [-0.15, -0.1) is 0 Å². The van der Waals surface area contributed by atoms with Crippen LogP contribution in [0.5, 0.6) is 5.75 Å². The fourth-order valence-electron chi connectivity index (χ4n) is 6.80. The molecule has 0 spiro atoms. The van der Waals surface area contributed by atoms with Crippen molar-refractivity contribution in [3.05, 3.63) is 52.0 Å². The van der Waals surface area contributed by atoms with Gasteiger partial charge in [0.1, 0.15) is 12.4 Å². The summed E-state index contributed by atoms with van der Waals surface area (Å²) in [6.45, 7) is 7.90. The highest BCUT2D eigenvalue weighted by atomic mass is 35.5. The summed E-state index contributed by atoms with van der Waals surface area (Å²) in [7, 11) is 0. The van der Waals surface area contributed by atoms with Gasteiger partial charge in [-0.3, -0.25) is 14.5 Å². The smallest absolute Gasteiger partial charge is 0.305 e. The highest BCUT2D eigenvalue weighted by molar-refractivity contribution is 6.43. The van der Waals surface area contributed by atoms with E-state index in [1.165, 1.54) is 70.6 Å². The first-order chi connectivity index (χ1) is 23.9. The third kappa shape index (κ3) is 14.0. The molecule has 0 bridgehead atoms. The molecule has 1 N–H and O–H groups in total. The Hall–Kier alpha value is -2.48. The number of anilines is 2. The van der Waals surface area contributed by atoms with Crippen molar-refractivity contribution < 1.29 is 19.1 Å². The number of ether oxygens (including phenoxy) is 2. The highest BCUT2D eigenvalue weighted by Gasteiger charge is 2.28. The Morgan fingerprint density at radius 3 is 2.20 bits per heavy atom. The maximum absolute atomic E-state index is 12.8. The second kappa shape index (κ2) is 22.4. The molecule has 4 rings (SSSR count). The normalized spacial score (nSPS) is 16.3. The molecule has 1 amide bonds. The number of unbranched alkanes of at least 4 members (excludes halogenated alkanes) is 13. The van der Waals surface area contributed by atoms with E-state index in [1.54, 1.807) is 0 Å². The second-order valence-corrected chi connectivity index (χ2v) is 14.6. The average Bonchev–Trinajstić information content (AvgIpc) is 3.10. The minimum Gasteiger partial charge on any atom is -0.494 e. The van der Waals surface area contributed by atoms with Gasteiger partial charge in [-0.2, -0.15) is 0 Å². The van der Waals surface area contributed by atoms with Crippen LogP contribution in [0.1, 0.15) is 115 Å². The number of halogens is 2. The molecule has 7 nitrogen and oxygen atoms in total. The van der Waals surface area contributed by atoms with Crippen LogP contribution >= 0.6 is 23.2 Å². The number of nitrogens with zero attached hydrogens (tertiary/aromatic N) is 2. The van der Waals surface area contributed by atoms with E-state index in [2.05, 4.69) is 22.0 Å². The van der Waals surface area contributed by atoms with E-state index >= 15 is 0 Å². The highest BCUT2D eigenvalue weighted by Crippen LogP contribution is 2.33. The SMILES string of the molecule is CCCCCCCCCCCCCCCC(=O)OCC1Cc2ccc(OCCCCN3CCN(c4cccc(Cl)c4Cl)CC3)cc2NC1=O. The zero-order chi connectivity index (χ0) is 34.7. The molecule has 2 aliphatic heterocycles. The van der Waals surface area contributed by atoms with Crippen LogP contribution in [0.2, 0.25) is 10.0 Å². The predicted octanol–water partition coefficient (Wildman–Crippen LogP) is 10.1. The number of carbonyl (C=O) groups excluding carboxylic acids is 2. The maximum Gasteiger partial charge on any atom is 0.305 e. The summed E-state index contributed by atoms with van der Waals surface area (Å²) in [6.07, 6.45) is 19.6. The molecule has 2 aliphatic rings. The number of piperazine rings is 1. The van der Waals surface area contributed by atoms with E-state index in [1.807, 2.05) is 36.4 Å². The Labute approximate surface area is 305 Å². The summed E-state index contributed by atoms with van der Waals surface area (Å²) in [4.78, 5) is 29.9. The summed E-state index contributed by atoms with van der Waals surface area (Å²) >= 11 is 12.6. The summed E-state index contributed by atoms with van der Waals surface area (Å²) in [5.74, 6) is 0.0965. The van der Waals surface area contributed by atoms with Crippen molar-refractivity contribution >= 4 is 46.5 Å².